The quantitative estimate of drug-likeness (QED) is 0.255. The van der Waals surface area contributed by atoms with Gasteiger partial charge in [-0.05, 0) is 35.9 Å². The molecule has 0 aliphatic heterocycles. The molecule has 27 heavy (non-hydrogen) atoms. The highest BCUT2D eigenvalue weighted by atomic mass is 35.5. The SMILES string of the molecule is O=[N+]([O-])c1cc(C=Nc2c(-c3ccco3)nc3ccc(Cl)cn23)ccc1Cl. The average molecular weight is 401 g/mol. The predicted molar refractivity (Wildman–Crippen MR) is 103 cm³/mol. The minimum absolute atomic E-state index is 0.0648. The Balaban J connectivity index is 1.85. The van der Waals surface area contributed by atoms with Crippen LogP contribution in [0.5, 0.6) is 0 Å². The Hall–Kier alpha value is -3.16. The fourth-order valence-electron chi connectivity index (χ4n) is 2.59. The Labute approximate surface area is 162 Å². The molecular weight excluding hydrogens is 391 g/mol. The van der Waals surface area contributed by atoms with Gasteiger partial charge in [-0.1, -0.05) is 29.3 Å². The van der Waals surface area contributed by atoms with Crippen molar-refractivity contribution in [3.8, 4) is 11.5 Å². The van der Waals surface area contributed by atoms with Gasteiger partial charge in [0, 0.05) is 18.5 Å². The minimum Gasteiger partial charge on any atom is -0.463 e. The Morgan fingerprint density at radius 2 is 2.07 bits per heavy atom. The summed E-state index contributed by atoms with van der Waals surface area (Å²) >= 11 is 12.0. The first-order chi connectivity index (χ1) is 13.0. The zero-order chi connectivity index (χ0) is 19.0. The van der Waals surface area contributed by atoms with Crippen molar-refractivity contribution in [2.45, 2.75) is 0 Å². The second-order valence-corrected chi connectivity index (χ2v) is 6.41. The van der Waals surface area contributed by atoms with Gasteiger partial charge in [-0.25, -0.2) is 9.98 Å². The third-order valence-corrected chi connectivity index (χ3v) is 4.36. The predicted octanol–water partition coefficient (Wildman–Crippen LogP) is 5.56. The van der Waals surface area contributed by atoms with Crippen molar-refractivity contribution in [2.75, 3.05) is 0 Å². The summed E-state index contributed by atoms with van der Waals surface area (Å²) in [5, 5.41) is 11.6. The van der Waals surface area contributed by atoms with E-state index < -0.39 is 4.92 Å². The summed E-state index contributed by atoms with van der Waals surface area (Å²) in [6.07, 6.45) is 4.73. The van der Waals surface area contributed by atoms with Crippen molar-refractivity contribution in [1.82, 2.24) is 9.38 Å². The summed E-state index contributed by atoms with van der Waals surface area (Å²) in [5.74, 6) is 1.03. The highest BCUT2D eigenvalue weighted by Crippen LogP contribution is 2.32. The highest BCUT2D eigenvalue weighted by molar-refractivity contribution is 6.32. The highest BCUT2D eigenvalue weighted by Gasteiger charge is 2.16. The van der Waals surface area contributed by atoms with E-state index in [1.165, 1.54) is 18.3 Å². The van der Waals surface area contributed by atoms with Gasteiger partial charge in [0.05, 0.1) is 16.2 Å². The molecule has 0 amide bonds. The molecule has 0 saturated carbocycles. The molecule has 9 heteroatoms. The lowest BCUT2D eigenvalue weighted by Gasteiger charge is -2.00. The fourth-order valence-corrected chi connectivity index (χ4v) is 2.94. The van der Waals surface area contributed by atoms with E-state index >= 15 is 0 Å². The second-order valence-electron chi connectivity index (χ2n) is 5.56. The normalized spacial score (nSPS) is 11.5. The molecule has 0 saturated heterocycles. The van der Waals surface area contributed by atoms with Gasteiger partial charge in [-0.15, -0.1) is 0 Å². The summed E-state index contributed by atoms with van der Waals surface area (Å²) in [6, 6.07) is 11.5. The van der Waals surface area contributed by atoms with E-state index in [4.69, 9.17) is 27.6 Å². The van der Waals surface area contributed by atoms with E-state index in [-0.39, 0.29) is 10.7 Å². The number of aromatic nitrogens is 2. The van der Waals surface area contributed by atoms with Crippen molar-refractivity contribution < 1.29 is 9.34 Å². The van der Waals surface area contributed by atoms with Crippen LogP contribution in [0, 0.1) is 10.1 Å². The number of hydrogen-bond acceptors (Lipinski definition) is 5. The number of aliphatic imine (C=N–C) groups is 1. The zero-order valence-electron chi connectivity index (χ0n) is 13.5. The van der Waals surface area contributed by atoms with Gasteiger partial charge < -0.3 is 4.42 Å². The van der Waals surface area contributed by atoms with Gasteiger partial charge in [-0.2, -0.15) is 0 Å². The molecule has 0 bridgehead atoms. The van der Waals surface area contributed by atoms with E-state index in [2.05, 4.69) is 9.98 Å². The number of nitrogens with zero attached hydrogens (tertiary/aromatic N) is 4. The van der Waals surface area contributed by atoms with E-state index in [0.717, 1.165) is 0 Å². The molecule has 0 unspecified atom stereocenters. The molecule has 0 radical (unpaired) electrons. The maximum absolute atomic E-state index is 11.1. The van der Waals surface area contributed by atoms with E-state index in [9.17, 15) is 10.1 Å². The Morgan fingerprint density at radius 1 is 1.22 bits per heavy atom. The van der Waals surface area contributed by atoms with Gasteiger partial charge in [0.1, 0.15) is 10.7 Å². The molecule has 3 heterocycles. The number of fused-ring (bicyclic) bond motifs is 1. The lowest BCUT2D eigenvalue weighted by Crippen LogP contribution is -1.91. The first-order valence-corrected chi connectivity index (χ1v) is 8.48. The fraction of sp³-hybridized carbons (Fsp3) is 0. The van der Waals surface area contributed by atoms with Crippen molar-refractivity contribution in [3.63, 3.8) is 0 Å². The van der Waals surface area contributed by atoms with Gasteiger partial charge in [0.15, 0.2) is 17.3 Å². The lowest BCUT2D eigenvalue weighted by molar-refractivity contribution is -0.384. The van der Waals surface area contributed by atoms with Gasteiger partial charge in [-0.3, -0.25) is 14.5 Å². The zero-order valence-corrected chi connectivity index (χ0v) is 15.1. The van der Waals surface area contributed by atoms with Crippen LogP contribution in [-0.4, -0.2) is 20.5 Å². The van der Waals surface area contributed by atoms with E-state index in [0.29, 0.717) is 33.5 Å². The molecule has 0 spiro atoms. The van der Waals surface area contributed by atoms with Gasteiger partial charge >= 0.3 is 0 Å². The third-order valence-electron chi connectivity index (χ3n) is 3.81. The largest absolute Gasteiger partial charge is 0.463 e. The van der Waals surface area contributed by atoms with Crippen LogP contribution in [-0.2, 0) is 0 Å². The molecule has 4 rings (SSSR count). The number of benzene rings is 1. The van der Waals surface area contributed by atoms with Crippen LogP contribution in [0.1, 0.15) is 5.56 Å². The van der Waals surface area contributed by atoms with Crippen LogP contribution in [0.4, 0.5) is 11.5 Å². The summed E-state index contributed by atoms with van der Waals surface area (Å²) in [6.45, 7) is 0. The molecule has 0 atom stereocenters. The molecule has 1 aromatic carbocycles. The van der Waals surface area contributed by atoms with Crippen LogP contribution in [0.25, 0.3) is 17.1 Å². The smallest absolute Gasteiger partial charge is 0.288 e. The molecule has 0 fully saturated rings. The molecule has 0 aliphatic carbocycles. The number of imidazole rings is 1. The van der Waals surface area contributed by atoms with Crippen LogP contribution in [0.2, 0.25) is 10.0 Å². The van der Waals surface area contributed by atoms with Crippen molar-refractivity contribution in [2.24, 2.45) is 4.99 Å². The summed E-state index contributed by atoms with van der Waals surface area (Å²) in [4.78, 5) is 19.5. The van der Waals surface area contributed by atoms with Crippen LogP contribution in [0.15, 0.2) is 64.3 Å². The maximum Gasteiger partial charge on any atom is 0.288 e. The first kappa shape index (κ1) is 17.3. The molecular formula is C18H10Cl2N4O3. The van der Waals surface area contributed by atoms with Crippen LogP contribution < -0.4 is 0 Å². The van der Waals surface area contributed by atoms with E-state index in [1.54, 1.807) is 47.2 Å². The summed E-state index contributed by atoms with van der Waals surface area (Å²) < 4.78 is 7.17. The van der Waals surface area contributed by atoms with E-state index in [1.807, 2.05) is 0 Å². The van der Waals surface area contributed by atoms with Crippen LogP contribution in [0.3, 0.4) is 0 Å². The number of pyridine rings is 1. The number of hydrogen-bond donors (Lipinski definition) is 0. The first-order valence-electron chi connectivity index (χ1n) is 7.72. The summed E-state index contributed by atoms with van der Waals surface area (Å²) in [5.41, 5.74) is 1.50. The standard InChI is InChI=1S/C18H10Cl2N4O3/c19-12-4-6-16-22-17(15-2-1-7-27-15)18(23(16)10-12)21-9-11-3-5-13(20)14(8-11)24(25)26/h1-10H. The monoisotopic (exact) mass is 400 g/mol. The van der Waals surface area contributed by atoms with Gasteiger partial charge in [0.25, 0.3) is 5.69 Å². The molecule has 0 aliphatic rings. The minimum atomic E-state index is -0.540. The van der Waals surface area contributed by atoms with Crippen LogP contribution >= 0.6 is 23.2 Å². The lowest BCUT2D eigenvalue weighted by atomic mass is 10.2. The maximum atomic E-state index is 11.1. The number of furan rings is 1. The molecule has 3 aromatic heterocycles. The van der Waals surface area contributed by atoms with Crippen molar-refractivity contribution >= 4 is 46.6 Å². The number of rotatable bonds is 4. The van der Waals surface area contributed by atoms with Gasteiger partial charge in [0.2, 0.25) is 0 Å². The molecule has 0 N–H and O–H groups in total. The topological polar surface area (TPSA) is 85.9 Å². The molecule has 134 valence electrons. The molecule has 4 aromatic rings. The second kappa shape index (κ2) is 6.86. The van der Waals surface area contributed by atoms with Crippen molar-refractivity contribution in [1.29, 1.82) is 0 Å². The van der Waals surface area contributed by atoms with Crippen molar-refractivity contribution in [3.05, 3.63) is 80.6 Å². The molecule has 7 nitrogen and oxygen atoms in total. The number of nitro groups is 1. The number of halogens is 2. The third kappa shape index (κ3) is 3.30. The summed E-state index contributed by atoms with van der Waals surface area (Å²) in [7, 11) is 0. The Morgan fingerprint density at radius 3 is 2.81 bits per heavy atom. The average Bonchev–Trinajstić information content (AvgIpc) is 3.28. The Kier molecular flexibility index (Phi) is 4.39. The number of nitro benzene ring substituents is 1. The Bertz CT molecular complexity index is 1180.